The number of primary amides is 1. The standard InChI is InChI=1S/C12H13ClN4OS/c1-7(10(14)18)19-12-16-15-11(17(12)2)8-3-5-9(13)6-4-8/h3-7H,1-2H3,(H2,14,18)/t7-/m0/s1. The van der Waals surface area contributed by atoms with E-state index in [1.165, 1.54) is 11.8 Å². The maximum absolute atomic E-state index is 11.1. The number of hydrogen-bond donors (Lipinski definition) is 1. The van der Waals surface area contributed by atoms with Gasteiger partial charge in [0.05, 0.1) is 5.25 Å². The Morgan fingerprint density at radius 1 is 1.37 bits per heavy atom. The first-order valence-corrected chi connectivity index (χ1v) is 6.86. The molecule has 1 atom stereocenters. The number of rotatable bonds is 4. The fourth-order valence-corrected chi connectivity index (χ4v) is 2.37. The van der Waals surface area contributed by atoms with Crippen molar-refractivity contribution < 1.29 is 4.79 Å². The number of nitrogens with two attached hydrogens (primary N) is 1. The minimum absolute atomic E-state index is 0.346. The van der Waals surface area contributed by atoms with Crippen molar-refractivity contribution in [1.82, 2.24) is 14.8 Å². The fourth-order valence-electron chi connectivity index (χ4n) is 1.48. The second-order valence-electron chi connectivity index (χ2n) is 4.03. The van der Waals surface area contributed by atoms with Crippen molar-refractivity contribution in [2.45, 2.75) is 17.3 Å². The molecule has 0 saturated heterocycles. The van der Waals surface area contributed by atoms with E-state index in [2.05, 4.69) is 10.2 Å². The molecule has 2 rings (SSSR count). The van der Waals surface area contributed by atoms with Gasteiger partial charge in [-0.3, -0.25) is 4.79 Å². The highest BCUT2D eigenvalue weighted by Gasteiger charge is 2.17. The third-order valence-electron chi connectivity index (χ3n) is 2.62. The van der Waals surface area contributed by atoms with E-state index in [1.54, 1.807) is 19.1 Å². The summed E-state index contributed by atoms with van der Waals surface area (Å²) in [5.74, 6) is 0.344. The zero-order valence-electron chi connectivity index (χ0n) is 10.5. The third-order valence-corrected chi connectivity index (χ3v) is 4.02. The Kier molecular flexibility index (Phi) is 4.11. The minimum Gasteiger partial charge on any atom is -0.369 e. The molecule has 1 aromatic heterocycles. The first-order chi connectivity index (χ1) is 8.99. The Hall–Kier alpha value is -1.53. The van der Waals surface area contributed by atoms with E-state index in [4.69, 9.17) is 17.3 Å². The van der Waals surface area contributed by atoms with Crippen LogP contribution in [0.25, 0.3) is 11.4 Å². The highest BCUT2D eigenvalue weighted by atomic mass is 35.5. The van der Waals surface area contributed by atoms with Gasteiger partial charge in [0.2, 0.25) is 5.91 Å². The van der Waals surface area contributed by atoms with E-state index in [1.807, 2.05) is 23.7 Å². The minimum atomic E-state index is -0.374. The summed E-state index contributed by atoms with van der Waals surface area (Å²) in [4.78, 5) is 11.1. The number of nitrogens with zero attached hydrogens (tertiary/aromatic N) is 3. The molecule has 19 heavy (non-hydrogen) atoms. The average molecular weight is 297 g/mol. The Morgan fingerprint density at radius 2 is 2.00 bits per heavy atom. The summed E-state index contributed by atoms with van der Waals surface area (Å²) in [6.45, 7) is 1.74. The largest absolute Gasteiger partial charge is 0.369 e. The molecule has 0 unspecified atom stereocenters. The zero-order valence-corrected chi connectivity index (χ0v) is 12.1. The SMILES string of the molecule is C[C@H](Sc1nnc(-c2ccc(Cl)cc2)n1C)C(N)=O. The lowest BCUT2D eigenvalue weighted by Crippen LogP contribution is -2.22. The molecule has 2 aromatic rings. The monoisotopic (exact) mass is 296 g/mol. The number of carbonyl (C=O) groups is 1. The van der Waals surface area contributed by atoms with Crippen LogP contribution in [0.4, 0.5) is 0 Å². The van der Waals surface area contributed by atoms with Crippen molar-refractivity contribution in [3.05, 3.63) is 29.3 Å². The second-order valence-corrected chi connectivity index (χ2v) is 5.78. The van der Waals surface area contributed by atoms with Crippen molar-refractivity contribution in [3.8, 4) is 11.4 Å². The second kappa shape index (κ2) is 5.63. The number of thioether (sulfide) groups is 1. The molecule has 0 saturated carbocycles. The van der Waals surface area contributed by atoms with Crippen LogP contribution in [-0.4, -0.2) is 25.9 Å². The first-order valence-electron chi connectivity index (χ1n) is 5.60. The number of halogens is 1. The first kappa shape index (κ1) is 13.9. The lowest BCUT2D eigenvalue weighted by molar-refractivity contribution is -0.117. The lowest BCUT2D eigenvalue weighted by atomic mass is 10.2. The van der Waals surface area contributed by atoms with E-state index in [-0.39, 0.29) is 11.2 Å². The zero-order chi connectivity index (χ0) is 14.0. The molecule has 0 bridgehead atoms. The average Bonchev–Trinajstić information content (AvgIpc) is 2.72. The lowest BCUT2D eigenvalue weighted by Gasteiger charge is -2.07. The summed E-state index contributed by atoms with van der Waals surface area (Å²) < 4.78 is 1.83. The van der Waals surface area contributed by atoms with E-state index >= 15 is 0 Å². The van der Waals surface area contributed by atoms with Gasteiger partial charge >= 0.3 is 0 Å². The van der Waals surface area contributed by atoms with Gasteiger partial charge in [-0.2, -0.15) is 0 Å². The van der Waals surface area contributed by atoms with Crippen LogP contribution in [0.15, 0.2) is 29.4 Å². The number of hydrogen-bond acceptors (Lipinski definition) is 4. The number of aromatic nitrogens is 3. The number of benzene rings is 1. The maximum atomic E-state index is 11.1. The highest BCUT2D eigenvalue weighted by molar-refractivity contribution is 8.00. The normalized spacial score (nSPS) is 12.4. The number of carbonyl (C=O) groups excluding carboxylic acids is 1. The maximum Gasteiger partial charge on any atom is 0.230 e. The van der Waals surface area contributed by atoms with Gasteiger partial charge in [-0.1, -0.05) is 23.4 Å². The van der Waals surface area contributed by atoms with E-state index in [0.29, 0.717) is 10.2 Å². The van der Waals surface area contributed by atoms with Crippen LogP contribution in [-0.2, 0) is 11.8 Å². The van der Waals surface area contributed by atoms with Crippen LogP contribution < -0.4 is 5.73 Å². The predicted octanol–water partition coefficient (Wildman–Crippen LogP) is 2.10. The summed E-state index contributed by atoms with van der Waals surface area (Å²) in [5, 5.41) is 9.17. The molecule has 7 heteroatoms. The summed E-state index contributed by atoms with van der Waals surface area (Å²) in [6.07, 6.45) is 0. The van der Waals surface area contributed by atoms with E-state index in [9.17, 15) is 4.79 Å². The molecular weight excluding hydrogens is 284 g/mol. The Bertz CT molecular complexity index is 596. The molecule has 0 aliphatic carbocycles. The Balaban J connectivity index is 2.27. The predicted molar refractivity (Wildman–Crippen MR) is 76.0 cm³/mol. The molecule has 0 radical (unpaired) electrons. The molecular formula is C12H13ClN4OS. The van der Waals surface area contributed by atoms with E-state index in [0.717, 1.165) is 11.4 Å². The van der Waals surface area contributed by atoms with Gasteiger partial charge in [0.1, 0.15) is 0 Å². The quantitative estimate of drug-likeness (QED) is 0.877. The third kappa shape index (κ3) is 3.08. The summed E-state index contributed by atoms with van der Waals surface area (Å²) in [5.41, 5.74) is 6.15. The molecule has 0 aliphatic heterocycles. The molecule has 2 N–H and O–H groups in total. The highest BCUT2D eigenvalue weighted by Crippen LogP contribution is 2.26. The van der Waals surface area contributed by atoms with Gasteiger partial charge in [0, 0.05) is 17.6 Å². The summed E-state index contributed by atoms with van der Waals surface area (Å²) in [6, 6.07) is 7.34. The van der Waals surface area contributed by atoms with Crippen molar-refractivity contribution >= 4 is 29.3 Å². The van der Waals surface area contributed by atoms with E-state index < -0.39 is 0 Å². The van der Waals surface area contributed by atoms with Crippen LogP contribution in [0.5, 0.6) is 0 Å². The molecule has 0 fully saturated rings. The smallest absolute Gasteiger partial charge is 0.230 e. The van der Waals surface area contributed by atoms with Crippen LogP contribution in [0.3, 0.4) is 0 Å². The van der Waals surface area contributed by atoms with Crippen molar-refractivity contribution in [3.63, 3.8) is 0 Å². The van der Waals surface area contributed by atoms with Gasteiger partial charge < -0.3 is 10.3 Å². The molecule has 1 amide bonds. The van der Waals surface area contributed by atoms with Crippen LogP contribution in [0, 0.1) is 0 Å². The summed E-state index contributed by atoms with van der Waals surface area (Å²) >= 11 is 7.14. The van der Waals surface area contributed by atoms with Gasteiger partial charge in [0.15, 0.2) is 11.0 Å². The van der Waals surface area contributed by atoms with Crippen molar-refractivity contribution in [2.24, 2.45) is 12.8 Å². The van der Waals surface area contributed by atoms with Crippen molar-refractivity contribution in [2.75, 3.05) is 0 Å². The van der Waals surface area contributed by atoms with Crippen LogP contribution in [0.1, 0.15) is 6.92 Å². The summed E-state index contributed by atoms with van der Waals surface area (Å²) in [7, 11) is 1.85. The van der Waals surface area contributed by atoms with Gasteiger partial charge in [-0.05, 0) is 31.2 Å². The molecule has 0 spiro atoms. The molecule has 5 nitrogen and oxygen atoms in total. The van der Waals surface area contributed by atoms with Crippen LogP contribution in [0.2, 0.25) is 5.02 Å². The Labute approximate surface area is 120 Å². The number of amides is 1. The van der Waals surface area contributed by atoms with Crippen molar-refractivity contribution in [1.29, 1.82) is 0 Å². The van der Waals surface area contributed by atoms with Gasteiger partial charge in [-0.25, -0.2) is 0 Å². The van der Waals surface area contributed by atoms with Gasteiger partial charge in [0.25, 0.3) is 0 Å². The Morgan fingerprint density at radius 3 is 2.58 bits per heavy atom. The molecule has 1 aromatic carbocycles. The topological polar surface area (TPSA) is 73.8 Å². The molecule has 100 valence electrons. The van der Waals surface area contributed by atoms with Crippen LogP contribution >= 0.6 is 23.4 Å². The molecule has 1 heterocycles. The molecule has 0 aliphatic rings. The van der Waals surface area contributed by atoms with Gasteiger partial charge in [-0.15, -0.1) is 10.2 Å². The fraction of sp³-hybridized carbons (Fsp3) is 0.250.